The Morgan fingerprint density at radius 2 is 1.95 bits per heavy atom. The minimum absolute atomic E-state index is 0.0265. The first-order valence-corrected chi connectivity index (χ1v) is 7.58. The van der Waals surface area contributed by atoms with E-state index in [9.17, 15) is 4.79 Å². The van der Waals surface area contributed by atoms with Crippen LogP contribution in [0.5, 0.6) is 0 Å². The van der Waals surface area contributed by atoms with Crippen LogP contribution in [0.2, 0.25) is 0 Å². The molecule has 2 nitrogen and oxygen atoms in total. The molecule has 1 N–H and O–H groups in total. The lowest BCUT2D eigenvalue weighted by atomic mass is 9.88. The number of hydrogen-bond acceptors (Lipinski definition) is 1. The summed E-state index contributed by atoms with van der Waals surface area (Å²) in [4.78, 5) is 12.5. The maximum atomic E-state index is 12.5. The van der Waals surface area contributed by atoms with Crippen molar-refractivity contribution >= 4 is 5.91 Å². The van der Waals surface area contributed by atoms with E-state index in [0.717, 1.165) is 24.8 Å². The minimum Gasteiger partial charge on any atom is -0.349 e. The average molecular weight is 273 g/mol. The standard InChI is InChI=1S/C18H27NO/c1-5-7-13-17(14(3)6-2)18(20)19-15(4)16-11-9-8-10-12-16/h6,8-12,14-15,17H,2,5,7,13H2,1,3-4H3,(H,19,20)/t14-,15+,17-/m0/s1. The lowest BCUT2D eigenvalue weighted by molar-refractivity contribution is -0.126. The first-order chi connectivity index (χ1) is 9.60. The summed E-state index contributed by atoms with van der Waals surface area (Å²) in [5, 5.41) is 3.13. The molecule has 110 valence electrons. The second kappa shape index (κ2) is 8.57. The summed E-state index contributed by atoms with van der Waals surface area (Å²) in [6.45, 7) is 10.1. The molecule has 0 aliphatic rings. The molecule has 2 heteroatoms. The van der Waals surface area contributed by atoms with Crippen molar-refractivity contribution in [3.63, 3.8) is 0 Å². The van der Waals surface area contributed by atoms with Crippen molar-refractivity contribution in [1.82, 2.24) is 5.32 Å². The summed E-state index contributed by atoms with van der Waals surface area (Å²) >= 11 is 0. The van der Waals surface area contributed by atoms with Crippen LogP contribution in [0, 0.1) is 11.8 Å². The van der Waals surface area contributed by atoms with Crippen molar-refractivity contribution in [2.24, 2.45) is 11.8 Å². The Morgan fingerprint density at radius 3 is 2.50 bits per heavy atom. The molecule has 0 saturated heterocycles. The van der Waals surface area contributed by atoms with Crippen LogP contribution in [0.3, 0.4) is 0 Å². The molecular formula is C18H27NO. The number of amides is 1. The van der Waals surface area contributed by atoms with Gasteiger partial charge in [-0.2, -0.15) is 0 Å². The van der Waals surface area contributed by atoms with E-state index in [1.165, 1.54) is 0 Å². The van der Waals surface area contributed by atoms with Gasteiger partial charge in [0.25, 0.3) is 0 Å². The number of carbonyl (C=O) groups is 1. The number of hydrogen-bond donors (Lipinski definition) is 1. The fraction of sp³-hybridized carbons (Fsp3) is 0.500. The van der Waals surface area contributed by atoms with Gasteiger partial charge in [0.2, 0.25) is 5.91 Å². The molecule has 0 saturated carbocycles. The van der Waals surface area contributed by atoms with E-state index >= 15 is 0 Å². The van der Waals surface area contributed by atoms with Gasteiger partial charge in [0.1, 0.15) is 0 Å². The van der Waals surface area contributed by atoms with Gasteiger partial charge in [0, 0.05) is 5.92 Å². The molecule has 0 heterocycles. The quantitative estimate of drug-likeness (QED) is 0.695. The molecule has 0 aromatic heterocycles. The molecule has 0 aliphatic heterocycles. The maximum Gasteiger partial charge on any atom is 0.224 e. The Morgan fingerprint density at radius 1 is 1.30 bits per heavy atom. The van der Waals surface area contributed by atoms with Crippen LogP contribution in [0.4, 0.5) is 0 Å². The van der Waals surface area contributed by atoms with Gasteiger partial charge in [-0.1, -0.05) is 63.1 Å². The third-order valence-electron chi connectivity index (χ3n) is 3.87. The van der Waals surface area contributed by atoms with E-state index in [1.807, 2.05) is 43.3 Å². The minimum atomic E-state index is 0.0265. The second-order valence-electron chi connectivity index (χ2n) is 5.48. The fourth-order valence-electron chi connectivity index (χ4n) is 2.37. The van der Waals surface area contributed by atoms with Gasteiger partial charge in [0.05, 0.1) is 6.04 Å². The summed E-state index contributed by atoms with van der Waals surface area (Å²) in [5.74, 6) is 0.380. The van der Waals surface area contributed by atoms with E-state index < -0.39 is 0 Å². The highest BCUT2D eigenvalue weighted by Gasteiger charge is 2.23. The van der Waals surface area contributed by atoms with Gasteiger partial charge < -0.3 is 5.32 Å². The average Bonchev–Trinajstić information content (AvgIpc) is 2.48. The summed E-state index contributed by atoms with van der Waals surface area (Å²) in [5.41, 5.74) is 1.14. The van der Waals surface area contributed by atoms with Gasteiger partial charge in [-0.25, -0.2) is 0 Å². The molecule has 1 amide bonds. The molecule has 0 radical (unpaired) electrons. The highest BCUT2D eigenvalue weighted by molar-refractivity contribution is 5.79. The van der Waals surface area contributed by atoms with Crippen molar-refractivity contribution < 1.29 is 4.79 Å². The van der Waals surface area contributed by atoms with E-state index in [0.29, 0.717) is 0 Å². The molecule has 1 aromatic carbocycles. The van der Waals surface area contributed by atoms with Gasteiger partial charge in [-0.05, 0) is 24.8 Å². The summed E-state index contributed by atoms with van der Waals surface area (Å²) < 4.78 is 0. The second-order valence-corrected chi connectivity index (χ2v) is 5.48. The Kier molecular flexibility index (Phi) is 7.06. The molecule has 0 bridgehead atoms. The third-order valence-corrected chi connectivity index (χ3v) is 3.87. The molecule has 0 aliphatic carbocycles. The van der Waals surface area contributed by atoms with Crippen molar-refractivity contribution in [2.45, 2.75) is 46.1 Å². The first-order valence-electron chi connectivity index (χ1n) is 7.58. The van der Waals surface area contributed by atoms with Crippen molar-refractivity contribution in [1.29, 1.82) is 0 Å². The molecule has 0 fully saturated rings. The lowest BCUT2D eigenvalue weighted by Crippen LogP contribution is -2.35. The van der Waals surface area contributed by atoms with Gasteiger partial charge in [-0.15, -0.1) is 6.58 Å². The van der Waals surface area contributed by atoms with Crippen LogP contribution >= 0.6 is 0 Å². The molecule has 0 unspecified atom stereocenters. The SMILES string of the molecule is C=C[C@H](C)[C@H](CCCC)C(=O)N[C@H](C)c1ccccc1. The predicted octanol–water partition coefficient (Wildman–Crippen LogP) is 4.49. The normalized spacial score (nSPS) is 15.2. The van der Waals surface area contributed by atoms with Crippen molar-refractivity contribution in [3.05, 3.63) is 48.6 Å². The number of carbonyl (C=O) groups excluding carboxylic acids is 1. The van der Waals surface area contributed by atoms with Crippen LogP contribution in [-0.2, 0) is 4.79 Å². The zero-order chi connectivity index (χ0) is 15.0. The third kappa shape index (κ3) is 4.84. The summed E-state index contributed by atoms with van der Waals surface area (Å²) in [6, 6.07) is 10.1. The maximum absolute atomic E-state index is 12.5. The number of nitrogens with one attached hydrogen (secondary N) is 1. The summed E-state index contributed by atoms with van der Waals surface area (Å²) in [6.07, 6.45) is 5.00. The number of rotatable bonds is 8. The van der Waals surface area contributed by atoms with Crippen LogP contribution in [0.25, 0.3) is 0 Å². The van der Waals surface area contributed by atoms with Gasteiger partial charge in [-0.3, -0.25) is 4.79 Å². The first kappa shape index (κ1) is 16.5. The Bertz CT molecular complexity index is 413. The van der Waals surface area contributed by atoms with Gasteiger partial charge in [0.15, 0.2) is 0 Å². The molecule has 1 aromatic rings. The van der Waals surface area contributed by atoms with Crippen LogP contribution in [0.15, 0.2) is 43.0 Å². The predicted molar refractivity (Wildman–Crippen MR) is 85.4 cm³/mol. The number of benzene rings is 1. The van der Waals surface area contributed by atoms with Crippen LogP contribution in [0.1, 0.15) is 51.6 Å². The number of unbranched alkanes of at least 4 members (excludes halogenated alkanes) is 1. The van der Waals surface area contributed by atoms with E-state index in [1.54, 1.807) is 0 Å². The Hall–Kier alpha value is -1.57. The summed E-state index contributed by atoms with van der Waals surface area (Å²) in [7, 11) is 0. The largest absolute Gasteiger partial charge is 0.349 e. The number of allylic oxidation sites excluding steroid dienone is 1. The smallest absolute Gasteiger partial charge is 0.224 e. The van der Waals surface area contributed by atoms with Crippen molar-refractivity contribution in [3.8, 4) is 0 Å². The molecule has 0 spiro atoms. The lowest BCUT2D eigenvalue weighted by Gasteiger charge is -2.23. The van der Waals surface area contributed by atoms with E-state index in [2.05, 4.69) is 25.7 Å². The van der Waals surface area contributed by atoms with Crippen LogP contribution < -0.4 is 5.32 Å². The molecule has 20 heavy (non-hydrogen) atoms. The zero-order valence-electron chi connectivity index (χ0n) is 12.9. The van der Waals surface area contributed by atoms with E-state index in [4.69, 9.17) is 0 Å². The highest BCUT2D eigenvalue weighted by atomic mass is 16.1. The van der Waals surface area contributed by atoms with Gasteiger partial charge >= 0.3 is 0 Å². The topological polar surface area (TPSA) is 29.1 Å². The molecule has 1 rings (SSSR count). The highest BCUT2D eigenvalue weighted by Crippen LogP contribution is 2.21. The van der Waals surface area contributed by atoms with E-state index in [-0.39, 0.29) is 23.8 Å². The molecular weight excluding hydrogens is 246 g/mol. The Labute approximate surface area is 123 Å². The molecule has 3 atom stereocenters. The zero-order valence-corrected chi connectivity index (χ0v) is 12.9. The van der Waals surface area contributed by atoms with Crippen LogP contribution in [-0.4, -0.2) is 5.91 Å². The van der Waals surface area contributed by atoms with Crippen molar-refractivity contribution in [2.75, 3.05) is 0 Å². The Balaban J connectivity index is 2.67. The monoisotopic (exact) mass is 273 g/mol. The fourth-order valence-corrected chi connectivity index (χ4v) is 2.37.